The van der Waals surface area contributed by atoms with E-state index in [2.05, 4.69) is 29.2 Å². The number of guanidine groups is 1. The van der Waals surface area contributed by atoms with Crippen molar-refractivity contribution in [1.29, 1.82) is 0 Å². The molecule has 0 fully saturated rings. The van der Waals surface area contributed by atoms with Crippen molar-refractivity contribution >= 4 is 29.9 Å². The number of aromatic nitrogens is 2. The Morgan fingerprint density at radius 1 is 1.27 bits per heavy atom. The number of likely N-dealkylation sites (N-methyl/N-ethyl adjacent to an activating group) is 1. The van der Waals surface area contributed by atoms with Gasteiger partial charge in [-0.15, -0.1) is 24.0 Å². The van der Waals surface area contributed by atoms with Gasteiger partial charge in [-0.25, -0.2) is 4.99 Å². The number of benzene rings is 1. The van der Waals surface area contributed by atoms with Crippen LogP contribution >= 0.6 is 24.0 Å². The fourth-order valence-corrected chi connectivity index (χ4v) is 2.59. The number of halogens is 1. The van der Waals surface area contributed by atoms with Crippen LogP contribution in [0.3, 0.4) is 0 Å². The number of nitrogens with zero attached hydrogens (tertiary/aromatic N) is 4. The third kappa shape index (κ3) is 6.19. The second-order valence-electron chi connectivity index (χ2n) is 6.03. The van der Waals surface area contributed by atoms with E-state index in [-0.39, 0.29) is 24.0 Å². The minimum absolute atomic E-state index is 0. The van der Waals surface area contributed by atoms with Crippen molar-refractivity contribution in [1.82, 2.24) is 20.0 Å². The van der Waals surface area contributed by atoms with Crippen molar-refractivity contribution in [3.63, 3.8) is 0 Å². The van der Waals surface area contributed by atoms with Crippen LogP contribution in [0.5, 0.6) is 5.75 Å². The van der Waals surface area contributed by atoms with Gasteiger partial charge in [0, 0.05) is 31.9 Å². The molecular weight excluding hydrogens is 441 g/mol. The molecule has 0 aliphatic heterocycles. The molecule has 0 bridgehead atoms. The maximum Gasteiger partial charge on any atom is 0.194 e. The highest BCUT2D eigenvalue weighted by molar-refractivity contribution is 14.0. The summed E-state index contributed by atoms with van der Waals surface area (Å²) in [5.74, 6) is 1.77. The number of aliphatic imine (C=N–C) groups is 1. The van der Waals surface area contributed by atoms with Gasteiger partial charge < -0.3 is 15.0 Å². The summed E-state index contributed by atoms with van der Waals surface area (Å²) < 4.78 is 7.68. The molecule has 0 amide bonds. The molecule has 0 unspecified atom stereocenters. The summed E-state index contributed by atoms with van der Waals surface area (Å²) in [5.41, 5.74) is 3.38. The third-order valence-corrected chi connectivity index (χ3v) is 4.18. The maximum atomic E-state index is 5.77. The van der Waals surface area contributed by atoms with Gasteiger partial charge in [0.15, 0.2) is 5.96 Å². The van der Waals surface area contributed by atoms with Gasteiger partial charge in [0.05, 0.1) is 18.8 Å². The smallest absolute Gasteiger partial charge is 0.194 e. The molecule has 2 rings (SSSR count). The molecule has 2 aromatic rings. The van der Waals surface area contributed by atoms with E-state index in [4.69, 9.17) is 9.73 Å². The van der Waals surface area contributed by atoms with Crippen LogP contribution in [0.2, 0.25) is 0 Å². The molecule has 0 aliphatic rings. The molecule has 144 valence electrons. The van der Waals surface area contributed by atoms with E-state index in [1.54, 1.807) is 0 Å². The maximum absolute atomic E-state index is 5.77. The van der Waals surface area contributed by atoms with Crippen LogP contribution in [0.25, 0.3) is 0 Å². The van der Waals surface area contributed by atoms with Crippen molar-refractivity contribution in [2.24, 2.45) is 12.0 Å². The van der Waals surface area contributed by atoms with E-state index < -0.39 is 0 Å². The van der Waals surface area contributed by atoms with Crippen LogP contribution in [-0.4, -0.2) is 47.4 Å². The third-order valence-electron chi connectivity index (χ3n) is 4.18. The zero-order valence-corrected chi connectivity index (χ0v) is 18.7. The lowest BCUT2D eigenvalue weighted by atomic mass is 10.2. The predicted molar refractivity (Wildman–Crippen MR) is 117 cm³/mol. The average Bonchev–Trinajstić information content (AvgIpc) is 2.85. The number of hydrogen-bond acceptors (Lipinski definition) is 3. The first-order valence-corrected chi connectivity index (χ1v) is 8.69. The van der Waals surface area contributed by atoms with E-state index in [1.165, 1.54) is 5.56 Å². The summed E-state index contributed by atoms with van der Waals surface area (Å²) in [4.78, 5) is 6.86. The Bertz CT molecular complexity index is 699. The van der Waals surface area contributed by atoms with Gasteiger partial charge in [-0.2, -0.15) is 5.10 Å². The Kier molecular flexibility index (Phi) is 9.47. The van der Waals surface area contributed by atoms with Gasteiger partial charge >= 0.3 is 0 Å². The Morgan fingerprint density at radius 3 is 2.54 bits per heavy atom. The van der Waals surface area contributed by atoms with Crippen molar-refractivity contribution in [2.75, 3.05) is 26.7 Å². The lowest BCUT2D eigenvalue weighted by molar-refractivity contribution is 0.281. The standard InChI is InChI=1S/C19H29N5O.HI/c1-6-20-19(21-14-18-15(2)22-24(5)16(18)3)23(4)12-13-25-17-10-8-7-9-11-17;/h7-11H,6,12-14H2,1-5H3,(H,20,21);1H. The van der Waals surface area contributed by atoms with E-state index in [1.807, 2.05) is 56.0 Å². The topological polar surface area (TPSA) is 54.7 Å². The predicted octanol–water partition coefficient (Wildman–Crippen LogP) is 3.13. The van der Waals surface area contributed by atoms with E-state index >= 15 is 0 Å². The number of nitrogens with one attached hydrogen (secondary N) is 1. The highest BCUT2D eigenvalue weighted by Crippen LogP contribution is 2.13. The number of aryl methyl sites for hydroxylation is 2. The summed E-state index contributed by atoms with van der Waals surface area (Å²) in [6.07, 6.45) is 0. The number of hydrogen-bond donors (Lipinski definition) is 1. The van der Waals surface area contributed by atoms with Crippen molar-refractivity contribution < 1.29 is 4.74 Å². The Labute approximate surface area is 173 Å². The first-order valence-electron chi connectivity index (χ1n) is 8.69. The minimum Gasteiger partial charge on any atom is -0.492 e. The molecule has 0 saturated carbocycles. The summed E-state index contributed by atoms with van der Waals surface area (Å²) in [5, 5.41) is 7.80. The lowest BCUT2D eigenvalue weighted by Crippen LogP contribution is -2.40. The summed E-state index contributed by atoms with van der Waals surface area (Å²) in [6, 6.07) is 9.87. The summed E-state index contributed by atoms with van der Waals surface area (Å²) in [6.45, 7) is 8.99. The molecule has 0 spiro atoms. The molecule has 1 aromatic carbocycles. The Balaban J connectivity index is 0.00000338. The summed E-state index contributed by atoms with van der Waals surface area (Å²) >= 11 is 0. The minimum atomic E-state index is 0. The van der Waals surface area contributed by atoms with Gasteiger partial charge in [-0.05, 0) is 32.9 Å². The molecule has 1 aromatic heterocycles. The SMILES string of the molecule is CCNC(=NCc1c(C)nn(C)c1C)N(C)CCOc1ccccc1.I. The van der Waals surface area contributed by atoms with Crippen LogP contribution in [0.1, 0.15) is 23.9 Å². The number of para-hydroxylation sites is 1. The molecule has 0 atom stereocenters. The van der Waals surface area contributed by atoms with Crippen molar-refractivity contribution in [3.8, 4) is 5.75 Å². The second kappa shape index (κ2) is 11.1. The lowest BCUT2D eigenvalue weighted by Gasteiger charge is -2.22. The largest absolute Gasteiger partial charge is 0.492 e. The van der Waals surface area contributed by atoms with Gasteiger partial charge in [-0.1, -0.05) is 18.2 Å². The first kappa shape index (κ1) is 22.3. The zero-order chi connectivity index (χ0) is 18.2. The van der Waals surface area contributed by atoms with E-state index in [9.17, 15) is 0 Å². The average molecular weight is 471 g/mol. The Hall–Kier alpha value is -1.77. The van der Waals surface area contributed by atoms with E-state index in [0.29, 0.717) is 13.2 Å². The summed E-state index contributed by atoms with van der Waals surface area (Å²) in [7, 11) is 3.99. The molecule has 0 aliphatic carbocycles. The van der Waals surface area contributed by atoms with Gasteiger partial charge in [0.25, 0.3) is 0 Å². The normalized spacial score (nSPS) is 11.0. The molecule has 0 radical (unpaired) electrons. The van der Waals surface area contributed by atoms with Crippen molar-refractivity contribution in [3.05, 3.63) is 47.3 Å². The zero-order valence-electron chi connectivity index (χ0n) is 16.3. The van der Waals surface area contributed by atoms with Crippen LogP contribution in [0, 0.1) is 13.8 Å². The first-order chi connectivity index (χ1) is 12.0. The quantitative estimate of drug-likeness (QED) is 0.383. The van der Waals surface area contributed by atoms with Crippen LogP contribution in [0.15, 0.2) is 35.3 Å². The Morgan fingerprint density at radius 2 is 1.96 bits per heavy atom. The fraction of sp³-hybridized carbons (Fsp3) is 0.474. The molecular formula is C19H30IN5O. The molecule has 1 heterocycles. The number of ether oxygens (including phenoxy) is 1. The van der Waals surface area contributed by atoms with Crippen molar-refractivity contribution in [2.45, 2.75) is 27.3 Å². The fourth-order valence-electron chi connectivity index (χ4n) is 2.59. The highest BCUT2D eigenvalue weighted by Gasteiger charge is 2.10. The van der Waals surface area contributed by atoms with E-state index in [0.717, 1.165) is 36.2 Å². The van der Waals surface area contributed by atoms with Crippen LogP contribution in [0.4, 0.5) is 0 Å². The van der Waals surface area contributed by atoms with Gasteiger partial charge in [-0.3, -0.25) is 4.68 Å². The number of rotatable bonds is 7. The second-order valence-corrected chi connectivity index (χ2v) is 6.03. The monoisotopic (exact) mass is 471 g/mol. The van der Waals surface area contributed by atoms with Crippen LogP contribution in [-0.2, 0) is 13.6 Å². The van der Waals surface area contributed by atoms with Crippen LogP contribution < -0.4 is 10.1 Å². The highest BCUT2D eigenvalue weighted by atomic mass is 127. The van der Waals surface area contributed by atoms with Gasteiger partial charge in [0.1, 0.15) is 12.4 Å². The molecule has 26 heavy (non-hydrogen) atoms. The molecule has 1 N–H and O–H groups in total. The molecule has 6 nitrogen and oxygen atoms in total. The molecule has 7 heteroatoms. The van der Waals surface area contributed by atoms with Gasteiger partial charge in [0.2, 0.25) is 0 Å². The molecule has 0 saturated heterocycles.